The van der Waals surface area contributed by atoms with Gasteiger partial charge in [-0.1, -0.05) is 29.8 Å². The molecular weight excluding hydrogens is 262 g/mol. The SMILES string of the molecule is Nc1cccc(CCCSc2cccc(Cl)c2)c1. The molecule has 0 radical (unpaired) electrons. The van der Waals surface area contributed by atoms with Crippen molar-refractivity contribution in [3.63, 3.8) is 0 Å². The predicted molar refractivity (Wildman–Crippen MR) is 81.4 cm³/mol. The minimum Gasteiger partial charge on any atom is -0.399 e. The van der Waals surface area contributed by atoms with Gasteiger partial charge in [-0.15, -0.1) is 11.8 Å². The fourth-order valence-corrected chi connectivity index (χ4v) is 2.94. The Morgan fingerprint density at radius 1 is 1.06 bits per heavy atom. The first-order valence-electron chi connectivity index (χ1n) is 5.97. The van der Waals surface area contributed by atoms with Gasteiger partial charge in [0.15, 0.2) is 0 Å². The molecule has 0 aliphatic heterocycles. The van der Waals surface area contributed by atoms with Crippen LogP contribution in [0.5, 0.6) is 0 Å². The highest BCUT2D eigenvalue weighted by Crippen LogP contribution is 2.22. The first-order valence-corrected chi connectivity index (χ1v) is 7.33. The molecule has 1 nitrogen and oxygen atoms in total. The number of anilines is 1. The third kappa shape index (κ3) is 4.28. The highest BCUT2D eigenvalue weighted by atomic mass is 35.5. The van der Waals surface area contributed by atoms with E-state index in [1.807, 2.05) is 48.2 Å². The van der Waals surface area contributed by atoms with Gasteiger partial charge in [0, 0.05) is 15.6 Å². The van der Waals surface area contributed by atoms with Gasteiger partial charge in [-0.25, -0.2) is 0 Å². The van der Waals surface area contributed by atoms with E-state index in [0.717, 1.165) is 29.3 Å². The molecule has 2 aromatic rings. The van der Waals surface area contributed by atoms with Crippen LogP contribution in [0.3, 0.4) is 0 Å². The van der Waals surface area contributed by atoms with Crippen LogP contribution in [0.15, 0.2) is 53.4 Å². The summed E-state index contributed by atoms with van der Waals surface area (Å²) in [5, 5.41) is 0.802. The quantitative estimate of drug-likeness (QED) is 0.489. The van der Waals surface area contributed by atoms with E-state index < -0.39 is 0 Å². The van der Waals surface area contributed by atoms with E-state index in [9.17, 15) is 0 Å². The Morgan fingerprint density at radius 2 is 1.89 bits per heavy atom. The number of benzene rings is 2. The minimum absolute atomic E-state index is 0.802. The largest absolute Gasteiger partial charge is 0.399 e. The van der Waals surface area contributed by atoms with E-state index in [2.05, 4.69) is 12.1 Å². The fraction of sp³-hybridized carbons (Fsp3) is 0.200. The van der Waals surface area contributed by atoms with Crippen LogP contribution < -0.4 is 5.73 Å². The van der Waals surface area contributed by atoms with Gasteiger partial charge in [0.05, 0.1) is 0 Å². The molecule has 0 fully saturated rings. The molecule has 0 atom stereocenters. The Kier molecular flexibility index (Phi) is 4.97. The molecule has 2 aromatic carbocycles. The van der Waals surface area contributed by atoms with Crippen LogP contribution in [0.25, 0.3) is 0 Å². The van der Waals surface area contributed by atoms with Gasteiger partial charge in [0.2, 0.25) is 0 Å². The molecule has 2 rings (SSSR count). The normalized spacial score (nSPS) is 10.5. The summed E-state index contributed by atoms with van der Waals surface area (Å²) in [4.78, 5) is 1.23. The molecule has 0 saturated heterocycles. The Morgan fingerprint density at radius 3 is 2.67 bits per heavy atom. The first-order chi connectivity index (χ1) is 8.74. The van der Waals surface area contributed by atoms with Gasteiger partial charge in [-0.3, -0.25) is 0 Å². The summed E-state index contributed by atoms with van der Waals surface area (Å²) in [6, 6.07) is 16.1. The third-order valence-corrected chi connectivity index (χ3v) is 3.94. The van der Waals surface area contributed by atoms with Crippen molar-refractivity contribution >= 4 is 29.1 Å². The van der Waals surface area contributed by atoms with Crippen molar-refractivity contribution in [1.29, 1.82) is 0 Å². The van der Waals surface area contributed by atoms with Crippen molar-refractivity contribution in [3.8, 4) is 0 Å². The Hall–Kier alpha value is -1.12. The number of nitrogens with two attached hydrogens (primary N) is 1. The molecule has 94 valence electrons. The van der Waals surface area contributed by atoms with E-state index >= 15 is 0 Å². The predicted octanol–water partition coefficient (Wildman–Crippen LogP) is 4.65. The standard InChI is InChI=1S/C15H16ClNS/c16-13-6-2-8-15(11-13)18-9-3-5-12-4-1-7-14(17)10-12/h1-2,4,6-8,10-11H,3,5,9,17H2. The van der Waals surface area contributed by atoms with E-state index in [1.165, 1.54) is 10.5 Å². The maximum absolute atomic E-state index is 5.94. The fourth-order valence-electron chi connectivity index (χ4n) is 1.77. The van der Waals surface area contributed by atoms with E-state index in [0.29, 0.717) is 0 Å². The first kappa shape index (κ1) is 13.3. The second-order valence-electron chi connectivity index (χ2n) is 4.15. The summed E-state index contributed by atoms with van der Waals surface area (Å²) in [6.45, 7) is 0. The van der Waals surface area contributed by atoms with Crippen LogP contribution in [0.2, 0.25) is 5.02 Å². The molecule has 18 heavy (non-hydrogen) atoms. The van der Waals surface area contributed by atoms with Crippen LogP contribution in [0.4, 0.5) is 5.69 Å². The number of hydrogen-bond acceptors (Lipinski definition) is 2. The average molecular weight is 278 g/mol. The van der Waals surface area contributed by atoms with E-state index in [4.69, 9.17) is 17.3 Å². The summed E-state index contributed by atoms with van der Waals surface area (Å²) < 4.78 is 0. The van der Waals surface area contributed by atoms with Crippen LogP contribution in [0, 0.1) is 0 Å². The van der Waals surface area contributed by atoms with Crippen LogP contribution in [-0.2, 0) is 6.42 Å². The second kappa shape index (κ2) is 6.72. The minimum atomic E-state index is 0.802. The third-order valence-electron chi connectivity index (χ3n) is 2.63. The highest BCUT2D eigenvalue weighted by molar-refractivity contribution is 7.99. The topological polar surface area (TPSA) is 26.0 Å². The molecular formula is C15H16ClNS. The summed E-state index contributed by atoms with van der Waals surface area (Å²) in [6.07, 6.45) is 2.21. The maximum Gasteiger partial charge on any atom is 0.0417 e. The molecule has 2 N–H and O–H groups in total. The number of halogens is 1. The Bertz CT molecular complexity index is 466. The lowest BCUT2D eigenvalue weighted by Gasteiger charge is -2.03. The zero-order chi connectivity index (χ0) is 12.8. The molecule has 0 unspecified atom stereocenters. The molecule has 0 aliphatic rings. The van der Waals surface area contributed by atoms with Gasteiger partial charge in [-0.2, -0.15) is 0 Å². The molecule has 0 aliphatic carbocycles. The molecule has 0 amide bonds. The summed E-state index contributed by atoms with van der Waals surface area (Å²) in [7, 11) is 0. The lowest BCUT2D eigenvalue weighted by atomic mass is 10.1. The van der Waals surface area contributed by atoms with Crippen LogP contribution in [0.1, 0.15) is 12.0 Å². The number of nitrogen functional groups attached to an aromatic ring is 1. The lowest BCUT2D eigenvalue weighted by molar-refractivity contribution is 0.933. The number of aryl methyl sites for hydroxylation is 1. The average Bonchev–Trinajstić information content (AvgIpc) is 2.35. The summed E-state index contributed by atoms with van der Waals surface area (Å²) >= 11 is 7.79. The second-order valence-corrected chi connectivity index (χ2v) is 5.76. The van der Waals surface area contributed by atoms with Crippen molar-refractivity contribution in [1.82, 2.24) is 0 Å². The van der Waals surface area contributed by atoms with Crippen molar-refractivity contribution in [2.75, 3.05) is 11.5 Å². The smallest absolute Gasteiger partial charge is 0.0417 e. The Labute approximate surface area is 117 Å². The van der Waals surface area contributed by atoms with Gasteiger partial charge in [0.25, 0.3) is 0 Å². The monoisotopic (exact) mass is 277 g/mol. The number of rotatable bonds is 5. The molecule has 0 heterocycles. The molecule has 0 saturated carbocycles. The van der Waals surface area contributed by atoms with Crippen LogP contribution >= 0.6 is 23.4 Å². The zero-order valence-electron chi connectivity index (χ0n) is 10.1. The summed E-state index contributed by atoms with van der Waals surface area (Å²) in [5.41, 5.74) is 7.90. The van der Waals surface area contributed by atoms with Crippen molar-refractivity contribution in [2.45, 2.75) is 17.7 Å². The zero-order valence-corrected chi connectivity index (χ0v) is 11.7. The Balaban J connectivity index is 1.76. The van der Waals surface area contributed by atoms with Crippen LogP contribution in [-0.4, -0.2) is 5.75 Å². The highest BCUT2D eigenvalue weighted by Gasteiger charge is 1.97. The van der Waals surface area contributed by atoms with Gasteiger partial charge >= 0.3 is 0 Å². The lowest BCUT2D eigenvalue weighted by Crippen LogP contribution is -1.90. The van der Waals surface area contributed by atoms with Gasteiger partial charge < -0.3 is 5.73 Å². The van der Waals surface area contributed by atoms with E-state index in [1.54, 1.807) is 0 Å². The number of hydrogen-bond donors (Lipinski definition) is 1. The van der Waals surface area contributed by atoms with Crippen molar-refractivity contribution < 1.29 is 0 Å². The summed E-state index contributed by atoms with van der Waals surface area (Å²) in [5.74, 6) is 1.09. The number of thioether (sulfide) groups is 1. The van der Waals surface area contributed by atoms with Gasteiger partial charge in [0.1, 0.15) is 0 Å². The molecule has 0 bridgehead atoms. The molecule has 0 aromatic heterocycles. The van der Waals surface area contributed by atoms with Crippen molar-refractivity contribution in [3.05, 3.63) is 59.1 Å². The maximum atomic E-state index is 5.94. The van der Waals surface area contributed by atoms with E-state index in [-0.39, 0.29) is 0 Å². The molecule has 0 spiro atoms. The van der Waals surface area contributed by atoms with Gasteiger partial charge in [-0.05, 0) is 54.5 Å². The van der Waals surface area contributed by atoms with Crippen molar-refractivity contribution in [2.24, 2.45) is 0 Å². The molecule has 3 heteroatoms.